The topological polar surface area (TPSA) is 83.4 Å². The Morgan fingerprint density at radius 2 is 1.74 bits per heavy atom. The van der Waals surface area contributed by atoms with Gasteiger partial charge in [0.25, 0.3) is 5.91 Å². The summed E-state index contributed by atoms with van der Waals surface area (Å²) in [5.74, 6) is 0.0160. The van der Waals surface area contributed by atoms with E-state index in [1.807, 2.05) is 6.92 Å². The van der Waals surface area contributed by atoms with E-state index < -0.39 is 5.91 Å². The van der Waals surface area contributed by atoms with Crippen molar-refractivity contribution >= 4 is 63.7 Å². The zero-order valence-corrected chi connectivity index (χ0v) is 18.8. The van der Waals surface area contributed by atoms with Crippen molar-refractivity contribution in [3.63, 3.8) is 0 Å². The monoisotopic (exact) mass is 475 g/mol. The molecule has 0 unspecified atom stereocenters. The van der Waals surface area contributed by atoms with E-state index in [0.29, 0.717) is 33.6 Å². The summed E-state index contributed by atoms with van der Waals surface area (Å²) < 4.78 is 5.62. The van der Waals surface area contributed by atoms with E-state index in [2.05, 4.69) is 16.0 Å². The highest BCUT2D eigenvalue weighted by Crippen LogP contribution is 2.26. The van der Waals surface area contributed by atoms with E-state index in [9.17, 15) is 9.59 Å². The summed E-state index contributed by atoms with van der Waals surface area (Å²) in [5, 5.41) is 9.22. The van der Waals surface area contributed by atoms with Gasteiger partial charge in [0.1, 0.15) is 5.76 Å². The average molecular weight is 476 g/mol. The summed E-state index contributed by atoms with van der Waals surface area (Å²) in [6, 6.07) is 15.3. The van der Waals surface area contributed by atoms with Gasteiger partial charge in [-0.05, 0) is 73.2 Å². The standard InChI is InChI=1S/C22H19Cl2N3O3S/c1-2-3-20(28)25-15-8-9-16(24)17(12-15)26-22(31)27-21(29)19-11-10-18(30-19)13-4-6-14(23)7-5-13/h4-12H,2-3H2,1H3,(H,25,28)(H2,26,27,29,31). The third-order valence-corrected chi connectivity index (χ3v) is 4.95. The fraction of sp³-hybridized carbons (Fsp3) is 0.136. The molecule has 3 aromatic rings. The summed E-state index contributed by atoms with van der Waals surface area (Å²) in [4.78, 5) is 24.3. The molecular formula is C22H19Cl2N3O3S. The van der Waals surface area contributed by atoms with Crippen LogP contribution in [0, 0.1) is 0 Å². The van der Waals surface area contributed by atoms with Crippen molar-refractivity contribution in [3.8, 4) is 11.3 Å². The van der Waals surface area contributed by atoms with Crippen LogP contribution in [0.2, 0.25) is 10.0 Å². The fourth-order valence-electron chi connectivity index (χ4n) is 2.70. The number of halogens is 2. The van der Waals surface area contributed by atoms with Gasteiger partial charge in [0.2, 0.25) is 5.91 Å². The van der Waals surface area contributed by atoms with E-state index in [1.165, 1.54) is 0 Å². The number of hydrogen-bond acceptors (Lipinski definition) is 4. The van der Waals surface area contributed by atoms with Gasteiger partial charge < -0.3 is 15.1 Å². The molecule has 0 saturated heterocycles. The van der Waals surface area contributed by atoms with Gasteiger partial charge in [-0.2, -0.15) is 0 Å². The Bertz CT molecular complexity index is 1110. The van der Waals surface area contributed by atoms with Crippen LogP contribution in [0.15, 0.2) is 59.0 Å². The lowest BCUT2D eigenvalue weighted by atomic mass is 10.2. The third kappa shape index (κ3) is 6.30. The van der Waals surface area contributed by atoms with Gasteiger partial charge in [0, 0.05) is 22.7 Å². The van der Waals surface area contributed by atoms with E-state index in [-0.39, 0.29) is 16.8 Å². The fourth-order valence-corrected chi connectivity index (χ4v) is 3.19. The molecule has 6 nitrogen and oxygen atoms in total. The maximum absolute atomic E-state index is 12.5. The predicted molar refractivity (Wildman–Crippen MR) is 128 cm³/mol. The molecular weight excluding hydrogens is 457 g/mol. The Hall–Kier alpha value is -2.87. The predicted octanol–water partition coefficient (Wildman–Crippen LogP) is 6.12. The Labute approximate surface area is 194 Å². The Morgan fingerprint density at radius 3 is 2.45 bits per heavy atom. The Kier molecular flexibility index (Phi) is 7.68. The minimum atomic E-state index is -0.513. The number of carbonyl (C=O) groups is 2. The summed E-state index contributed by atoms with van der Waals surface area (Å²) in [6.45, 7) is 1.92. The van der Waals surface area contributed by atoms with Crippen molar-refractivity contribution in [1.29, 1.82) is 0 Å². The van der Waals surface area contributed by atoms with Gasteiger partial charge in [-0.1, -0.05) is 30.1 Å². The molecule has 160 valence electrons. The van der Waals surface area contributed by atoms with E-state index in [1.54, 1.807) is 54.6 Å². The molecule has 0 aliphatic rings. The number of nitrogens with one attached hydrogen (secondary N) is 3. The van der Waals surface area contributed by atoms with Crippen LogP contribution < -0.4 is 16.0 Å². The van der Waals surface area contributed by atoms with Crippen LogP contribution in [-0.4, -0.2) is 16.9 Å². The highest BCUT2D eigenvalue weighted by atomic mass is 35.5. The van der Waals surface area contributed by atoms with Gasteiger partial charge in [-0.3, -0.25) is 14.9 Å². The minimum absolute atomic E-state index is 0.0355. The first-order valence-electron chi connectivity index (χ1n) is 9.43. The first kappa shape index (κ1) is 22.8. The first-order chi connectivity index (χ1) is 14.9. The van der Waals surface area contributed by atoms with Crippen molar-refractivity contribution in [2.45, 2.75) is 19.8 Å². The zero-order chi connectivity index (χ0) is 22.4. The molecule has 0 radical (unpaired) electrons. The van der Waals surface area contributed by atoms with E-state index >= 15 is 0 Å². The maximum Gasteiger partial charge on any atom is 0.293 e. The highest BCUT2D eigenvalue weighted by molar-refractivity contribution is 7.80. The number of anilines is 2. The second-order valence-electron chi connectivity index (χ2n) is 6.57. The van der Waals surface area contributed by atoms with Crippen LogP contribution in [0.1, 0.15) is 30.3 Å². The van der Waals surface area contributed by atoms with Gasteiger partial charge in [-0.25, -0.2) is 0 Å². The first-order valence-corrected chi connectivity index (χ1v) is 10.6. The van der Waals surface area contributed by atoms with Crippen molar-refractivity contribution in [3.05, 3.63) is 70.4 Å². The van der Waals surface area contributed by atoms with Crippen LogP contribution in [0.3, 0.4) is 0 Å². The normalized spacial score (nSPS) is 10.4. The molecule has 2 aromatic carbocycles. The number of thiocarbonyl (C=S) groups is 1. The molecule has 31 heavy (non-hydrogen) atoms. The molecule has 0 aliphatic heterocycles. The Balaban J connectivity index is 1.63. The largest absolute Gasteiger partial charge is 0.451 e. The zero-order valence-electron chi connectivity index (χ0n) is 16.5. The van der Waals surface area contributed by atoms with E-state index in [4.69, 9.17) is 39.8 Å². The minimum Gasteiger partial charge on any atom is -0.451 e. The second-order valence-corrected chi connectivity index (χ2v) is 7.82. The third-order valence-electron chi connectivity index (χ3n) is 4.16. The number of amides is 2. The molecule has 1 aromatic heterocycles. The highest BCUT2D eigenvalue weighted by Gasteiger charge is 2.15. The maximum atomic E-state index is 12.5. The summed E-state index contributed by atoms with van der Waals surface area (Å²) >= 11 is 17.3. The molecule has 0 aliphatic carbocycles. The molecule has 3 rings (SSSR count). The second kappa shape index (κ2) is 10.4. The van der Waals surface area contributed by atoms with Gasteiger partial charge >= 0.3 is 0 Å². The summed E-state index contributed by atoms with van der Waals surface area (Å²) in [5.41, 5.74) is 1.80. The lowest BCUT2D eigenvalue weighted by molar-refractivity contribution is -0.116. The molecule has 2 amide bonds. The smallest absolute Gasteiger partial charge is 0.293 e. The number of hydrogen-bond donors (Lipinski definition) is 3. The van der Waals surface area contributed by atoms with Crippen molar-refractivity contribution < 1.29 is 14.0 Å². The molecule has 0 atom stereocenters. The van der Waals surface area contributed by atoms with Gasteiger partial charge in [0.15, 0.2) is 10.9 Å². The van der Waals surface area contributed by atoms with Crippen LogP contribution in [0.5, 0.6) is 0 Å². The van der Waals surface area contributed by atoms with E-state index in [0.717, 1.165) is 12.0 Å². The summed E-state index contributed by atoms with van der Waals surface area (Å²) in [6.07, 6.45) is 1.16. The summed E-state index contributed by atoms with van der Waals surface area (Å²) in [7, 11) is 0. The van der Waals surface area contributed by atoms with Gasteiger partial charge in [0.05, 0.1) is 10.7 Å². The Morgan fingerprint density at radius 1 is 1.00 bits per heavy atom. The molecule has 1 heterocycles. The van der Waals surface area contributed by atoms with Crippen molar-refractivity contribution in [2.24, 2.45) is 0 Å². The number of carbonyl (C=O) groups excluding carboxylic acids is 2. The van der Waals surface area contributed by atoms with Crippen LogP contribution >= 0.6 is 35.4 Å². The van der Waals surface area contributed by atoms with Crippen LogP contribution in [-0.2, 0) is 4.79 Å². The molecule has 9 heteroatoms. The molecule has 0 saturated carbocycles. The van der Waals surface area contributed by atoms with Gasteiger partial charge in [-0.15, -0.1) is 0 Å². The molecule has 0 spiro atoms. The quantitative estimate of drug-likeness (QED) is 0.374. The number of rotatable bonds is 6. The van der Waals surface area contributed by atoms with Crippen LogP contribution in [0.4, 0.5) is 11.4 Å². The molecule has 0 bridgehead atoms. The lowest BCUT2D eigenvalue weighted by Gasteiger charge is -2.12. The van der Waals surface area contributed by atoms with Crippen molar-refractivity contribution in [1.82, 2.24) is 5.32 Å². The number of benzene rings is 2. The lowest BCUT2D eigenvalue weighted by Crippen LogP contribution is -2.34. The number of furan rings is 1. The molecule has 0 fully saturated rings. The van der Waals surface area contributed by atoms with Crippen molar-refractivity contribution in [2.75, 3.05) is 10.6 Å². The molecule has 3 N–H and O–H groups in total. The van der Waals surface area contributed by atoms with Crippen LogP contribution in [0.25, 0.3) is 11.3 Å². The SMILES string of the molecule is CCCC(=O)Nc1ccc(Cl)c(NC(=S)NC(=O)c2ccc(-c3ccc(Cl)cc3)o2)c1. The average Bonchev–Trinajstić information content (AvgIpc) is 3.21.